The Hall–Kier alpha value is -0.550. The zero-order valence-corrected chi connectivity index (χ0v) is 13.4. The lowest BCUT2D eigenvalue weighted by atomic mass is 10.2. The van der Waals surface area contributed by atoms with E-state index in [0.717, 1.165) is 14.6 Å². The lowest BCUT2D eigenvalue weighted by Gasteiger charge is -2.24. The SMILES string of the molecule is CN(C(=O)OC(C)(C)C)c1cc(Br)cc(Br)c1. The Bertz CT molecular complexity index is 407. The highest BCUT2D eigenvalue weighted by Gasteiger charge is 2.20. The molecule has 0 saturated carbocycles. The fourth-order valence-corrected chi connectivity index (χ4v) is 2.44. The second kappa shape index (κ2) is 5.40. The van der Waals surface area contributed by atoms with E-state index in [1.54, 1.807) is 7.05 Å². The molecule has 0 aliphatic carbocycles. The number of hydrogen-bond donors (Lipinski definition) is 0. The van der Waals surface area contributed by atoms with Gasteiger partial charge in [-0.15, -0.1) is 0 Å². The van der Waals surface area contributed by atoms with Gasteiger partial charge in [-0.3, -0.25) is 4.90 Å². The van der Waals surface area contributed by atoms with Crippen molar-refractivity contribution in [3.05, 3.63) is 27.1 Å². The lowest BCUT2D eigenvalue weighted by Crippen LogP contribution is -2.34. The van der Waals surface area contributed by atoms with E-state index in [4.69, 9.17) is 4.74 Å². The van der Waals surface area contributed by atoms with Gasteiger partial charge in [0.15, 0.2) is 0 Å². The molecule has 0 atom stereocenters. The summed E-state index contributed by atoms with van der Waals surface area (Å²) in [5.74, 6) is 0. The highest BCUT2D eigenvalue weighted by atomic mass is 79.9. The zero-order chi connectivity index (χ0) is 13.2. The number of hydrogen-bond acceptors (Lipinski definition) is 2. The second-order valence-corrected chi connectivity index (χ2v) is 6.50. The fraction of sp³-hybridized carbons (Fsp3) is 0.417. The van der Waals surface area contributed by atoms with Crippen LogP contribution in [0.4, 0.5) is 10.5 Å². The van der Waals surface area contributed by atoms with E-state index < -0.39 is 5.60 Å². The van der Waals surface area contributed by atoms with Gasteiger partial charge >= 0.3 is 6.09 Å². The molecule has 0 bridgehead atoms. The molecule has 0 aliphatic rings. The van der Waals surface area contributed by atoms with Crippen LogP contribution in [0.25, 0.3) is 0 Å². The van der Waals surface area contributed by atoms with Crippen LogP contribution >= 0.6 is 31.9 Å². The predicted molar refractivity (Wildman–Crippen MR) is 76.5 cm³/mol. The van der Waals surface area contributed by atoms with Crippen molar-refractivity contribution in [1.82, 2.24) is 0 Å². The number of anilines is 1. The Balaban J connectivity index is 2.89. The van der Waals surface area contributed by atoms with Gasteiger partial charge in [0.1, 0.15) is 5.60 Å². The summed E-state index contributed by atoms with van der Waals surface area (Å²) in [6.45, 7) is 5.53. The van der Waals surface area contributed by atoms with Crippen LogP contribution in [0, 0.1) is 0 Å². The first-order chi connectivity index (χ1) is 7.69. The van der Waals surface area contributed by atoms with E-state index in [1.165, 1.54) is 4.90 Å². The Morgan fingerprint density at radius 1 is 1.18 bits per heavy atom. The van der Waals surface area contributed by atoms with Crippen molar-refractivity contribution in [2.45, 2.75) is 26.4 Å². The number of benzene rings is 1. The minimum Gasteiger partial charge on any atom is -0.443 e. The molecule has 1 aromatic rings. The van der Waals surface area contributed by atoms with Gasteiger partial charge in [0, 0.05) is 21.7 Å². The summed E-state index contributed by atoms with van der Waals surface area (Å²) in [6, 6.07) is 5.62. The van der Waals surface area contributed by atoms with Gasteiger partial charge in [-0.2, -0.15) is 0 Å². The number of ether oxygens (including phenoxy) is 1. The molecular formula is C12H15Br2NO2. The first-order valence-corrected chi connectivity index (χ1v) is 6.70. The van der Waals surface area contributed by atoms with Crippen molar-refractivity contribution in [1.29, 1.82) is 0 Å². The minimum atomic E-state index is -0.491. The van der Waals surface area contributed by atoms with Crippen molar-refractivity contribution in [3.63, 3.8) is 0 Å². The van der Waals surface area contributed by atoms with Crippen LogP contribution in [-0.4, -0.2) is 18.7 Å². The average molecular weight is 365 g/mol. The molecule has 0 spiro atoms. The third-order valence-corrected chi connectivity index (χ3v) is 2.82. The first-order valence-electron chi connectivity index (χ1n) is 5.12. The van der Waals surface area contributed by atoms with Crippen LogP contribution < -0.4 is 4.90 Å². The van der Waals surface area contributed by atoms with Crippen molar-refractivity contribution < 1.29 is 9.53 Å². The van der Waals surface area contributed by atoms with E-state index in [0.29, 0.717) is 0 Å². The largest absolute Gasteiger partial charge is 0.443 e. The van der Waals surface area contributed by atoms with Crippen molar-refractivity contribution in [2.75, 3.05) is 11.9 Å². The van der Waals surface area contributed by atoms with Crippen LogP contribution in [0.2, 0.25) is 0 Å². The zero-order valence-electron chi connectivity index (χ0n) is 10.3. The van der Waals surface area contributed by atoms with Crippen molar-refractivity contribution >= 4 is 43.6 Å². The molecule has 0 N–H and O–H groups in total. The minimum absolute atomic E-state index is 0.373. The van der Waals surface area contributed by atoms with Gasteiger partial charge in [-0.1, -0.05) is 31.9 Å². The molecule has 0 aromatic heterocycles. The Kier molecular flexibility index (Phi) is 4.61. The normalized spacial score (nSPS) is 11.2. The van der Waals surface area contributed by atoms with Gasteiger partial charge in [-0.25, -0.2) is 4.79 Å². The van der Waals surface area contributed by atoms with Crippen LogP contribution in [-0.2, 0) is 4.74 Å². The van der Waals surface area contributed by atoms with E-state index in [-0.39, 0.29) is 6.09 Å². The molecule has 5 heteroatoms. The van der Waals surface area contributed by atoms with Gasteiger partial charge in [0.2, 0.25) is 0 Å². The molecule has 1 rings (SSSR count). The number of nitrogens with zero attached hydrogens (tertiary/aromatic N) is 1. The molecule has 0 aliphatic heterocycles. The molecule has 0 fully saturated rings. The third-order valence-electron chi connectivity index (χ3n) is 1.90. The topological polar surface area (TPSA) is 29.5 Å². The third kappa shape index (κ3) is 4.68. The van der Waals surface area contributed by atoms with Gasteiger partial charge < -0.3 is 4.74 Å². The highest BCUT2D eigenvalue weighted by molar-refractivity contribution is 9.11. The Labute approximate surface area is 118 Å². The van der Waals surface area contributed by atoms with Crippen LogP contribution in [0.3, 0.4) is 0 Å². The van der Waals surface area contributed by atoms with E-state index in [9.17, 15) is 4.79 Å². The molecular weight excluding hydrogens is 350 g/mol. The average Bonchev–Trinajstić information content (AvgIpc) is 2.12. The molecule has 0 heterocycles. The van der Waals surface area contributed by atoms with Crippen LogP contribution in [0.5, 0.6) is 0 Å². The molecule has 17 heavy (non-hydrogen) atoms. The van der Waals surface area contributed by atoms with Gasteiger partial charge in [0.25, 0.3) is 0 Å². The Morgan fingerprint density at radius 3 is 2.06 bits per heavy atom. The molecule has 1 aromatic carbocycles. The predicted octanol–water partition coefficient (Wildman–Crippen LogP) is 4.58. The lowest BCUT2D eigenvalue weighted by molar-refractivity contribution is 0.0589. The van der Waals surface area contributed by atoms with Crippen LogP contribution in [0.1, 0.15) is 20.8 Å². The maximum absolute atomic E-state index is 11.9. The van der Waals surface area contributed by atoms with Crippen molar-refractivity contribution in [2.24, 2.45) is 0 Å². The van der Waals surface area contributed by atoms with E-state index in [1.807, 2.05) is 39.0 Å². The van der Waals surface area contributed by atoms with Crippen LogP contribution in [0.15, 0.2) is 27.1 Å². The van der Waals surface area contributed by atoms with Gasteiger partial charge in [-0.05, 0) is 39.0 Å². The first kappa shape index (κ1) is 14.5. The molecule has 1 amide bonds. The van der Waals surface area contributed by atoms with E-state index in [2.05, 4.69) is 31.9 Å². The standard InChI is InChI=1S/C12H15Br2NO2/c1-12(2,3)17-11(16)15(4)10-6-8(13)5-9(14)7-10/h5-7H,1-4H3. The molecule has 0 saturated heterocycles. The molecule has 0 unspecified atom stereocenters. The summed E-state index contributed by atoms with van der Waals surface area (Å²) in [6.07, 6.45) is -0.373. The monoisotopic (exact) mass is 363 g/mol. The summed E-state index contributed by atoms with van der Waals surface area (Å²) in [5.41, 5.74) is 0.273. The fourth-order valence-electron chi connectivity index (χ4n) is 1.17. The molecule has 3 nitrogen and oxygen atoms in total. The summed E-state index contributed by atoms with van der Waals surface area (Å²) in [4.78, 5) is 13.3. The summed E-state index contributed by atoms with van der Waals surface area (Å²) < 4.78 is 7.09. The Morgan fingerprint density at radius 2 is 1.65 bits per heavy atom. The number of carbonyl (C=O) groups is 1. The summed E-state index contributed by atoms with van der Waals surface area (Å²) >= 11 is 6.77. The summed E-state index contributed by atoms with van der Waals surface area (Å²) in [7, 11) is 1.68. The summed E-state index contributed by atoms with van der Waals surface area (Å²) in [5, 5.41) is 0. The number of carbonyl (C=O) groups excluding carboxylic acids is 1. The van der Waals surface area contributed by atoms with E-state index >= 15 is 0 Å². The smallest absolute Gasteiger partial charge is 0.414 e. The van der Waals surface area contributed by atoms with Gasteiger partial charge in [0.05, 0.1) is 0 Å². The van der Waals surface area contributed by atoms with Crippen molar-refractivity contribution in [3.8, 4) is 0 Å². The maximum Gasteiger partial charge on any atom is 0.414 e. The highest BCUT2D eigenvalue weighted by Crippen LogP contribution is 2.26. The maximum atomic E-state index is 11.9. The number of amides is 1. The molecule has 0 radical (unpaired) electrons. The number of rotatable bonds is 1. The molecule has 94 valence electrons. The quantitative estimate of drug-likeness (QED) is 0.729. The number of halogens is 2. The second-order valence-electron chi connectivity index (χ2n) is 4.67.